The Morgan fingerprint density at radius 1 is 0.857 bits per heavy atom. The van der Waals surface area contributed by atoms with E-state index in [-0.39, 0.29) is 0 Å². The maximum Gasteiger partial charge on any atom is 0.0136 e. The van der Waals surface area contributed by atoms with Crippen LogP contribution in [0.3, 0.4) is 0 Å². The van der Waals surface area contributed by atoms with Crippen molar-refractivity contribution in [3.05, 3.63) is 0 Å². The van der Waals surface area contributed by atoms with Crippen LogP contribution in [0.1, 0.15) is 41.5 Å². The van der Waals surface area contributed by atoms with Crippen molar-refractivity contribution in [2.75, 3.05) is 20.6 Å². The number of hydrogen-bond donors (Lipinski definition) is 0. The van der Waals surface area contributed by atoms with Crippen LogP contribution in [0.2, 0.25) is 5.04 Å². The average Bonchev–Trinajstić information content (AvgIpc) is 1.79. The highest BCUT2D eigenvalue weighted by molar-refractivity contribution is 6.16. The standard InChI is InChI=1S/C12H29NSi/c1-10(2,3)12(14,9-13(7)8)11(4,5)6/h9H2,1-8,14H3. The van der Waals surface area contributed by atoms with Crippen molar-refractivity contribution in [3.63, 3.8) is 0 Å². The highest BCUT2D eigenvalue weighted by Gasteiger charge is 2.46. The Hall–Kier alpha value is 0.177. The van der Waals surface area contributed by atoms with Crippen LogP contribution in [0.25, 0.3) is 0 Å². The zero-order valence-electron chi connectivity index (χ0n) is 11.7. The second-order valence-corrected chi connectivity index (χ2v) is 8.78. The van der Waals surface area contributed by atoms with Gasteiger partial charge in [-0.25, -0.2) is 0 Å². The summed E-state index contributed by atoms with van der Waals surface area (Å²) in [6.45, 7) is 15.5. The largest absolute Gasteiger partial charge is 0.309 e. The van der Waals surface area contributed by atoms with Crippen molar-refractivity contribution in [2.45, 2.75) is 46.6 Å². The average molecular weight is 215 g/mol. The quantitative estimate of drug-likeness (QED) is 0.638. The van der Waals surface area contributed by atoms with Gasteiger partial charge in [-0.2, -0.15) is 0 Å². The fourth-order valence-corrected chi connectivity index (χ4v) is 2.86. The summed E-state index contributed by atoms with van der Waals surface area (Å²) in [5.74, 6) is 0. The predicted molar refractivity (Wildman–Crippen MR) is 70.1 cm³/mol. The molecule has 0 aliphatic carbocycles. The van der Waals surface area contributed by atoms with Crippen LogP contribution in [0.15, 0.2) is 0 Å². The van der Waals surface area contributed by atoms with Crippen molar-refractivity contribution in [2.24, 2.45) is 10.8 Å². The van der Waals surface area contributed by atoms with Gasteiger partial charge in [0.15, 0.2) is 0 Å². The van der Waals surface area contributed by atoms with Crippen molar-refractivity contribution >= 4 is 10.2 Å². The third kappa shape index (κ3) is 2.83. The number of nitrogens with zero attached hydrogens (tertiary/aromatic N) is 1. The van der Waals surface area contributed by atoms with Crippen LogP contribution in [0, 0.1) is 10.8 Å². The minimum atomic E-state index is 0.391. The molecule has 0 aliphatic rings. The fraction of sp³-hybridized carbons (Fsp3) is 1.00. The van der Waals surface area contributed by atoms with Gasteiger partial charge >= 0.3 is 0 Å². The van der Waals surface area contributed by atoms with Gasteiger partial charge in [-0.15, -0.1) is 0 Å². The van der Waals surface area contributed by atoms with E-state index < -0.39 is 0 Å². The summed E-state index contributed by atoms with van der Waals surface area (Å²) in [4.78, 5) is 2.34. The molecular formula is C12H29NSi. The minimum Gasteiger partial charge on any atom is -0.309 e. The lowest BCUT2D eigenvalue weighted by Crippen LogP contribution is -2.46. The molecule has 0 saturated heterocycles. The predicted octanol–water partition coefficient (Wildman–Crippen LogP) is 2.16. The van der Waals surface area contributed by atoms with Gasteiger partial charge in [0, 0.05) is 16.8 Å². The Labute approximate surface area is 93.7 Å². The molecule has 0 aliphatic heterocycles. The highest BCUT2D eigenvalue weighted by atomic mass is 28.1. The normalized spacial score (nSPS) is 15.2. The van der Waals surface area contributed by atoms with Crippen molar-refractivity contribution in [1.82, 2.24) is 4.90 Å². The lowest BCUT2D eigenvalue weighted by molar-refractivity contribution is 0.0929. The zero-order valence-corrected chi connectivity index (χ0v) is 13.7. The molecule has 0 aromatic rings. The lowest BCUT2D eigenvalue weighted by Gasteiger charge is -2.53. The Kier molecular flexibility index (Phi) is 4.02. The molecule has 0 heterocycles. The smallest absolute Gasteiger partial charge is 0.0136 e. The molecule has 0 atom stereocenters. The molecule has 1 nitrogen and oxygen atoms in total. The van der Waals surface area contributed by atoms with Gasteiger partial charge < -0.3 is 4.90 Å². The van der Waals surface area contributed by atoms with E-state index in [4.69, 9.17) is 0 Å². The Morgan fingerprint density at radius 2 is 1.14 bits per heavy atom. The summed E-state index contributed by atoms with van der Waals surface area (Å²) < 4.78 is 0. The fourth-order valence-electron chi connectivity index (χ4n) is 2.23. The van der Waals surface area contributed by atoms with Gasteiger partial charge in [0.2, 0.25) is 0 Å². The number of hydrogen-bond acceptors (Lipinski definition) is 1. The molecule has 0 fully saturated rings. The maximum atomic E-state index is 2.38. The second kappa shape index (κ2) is 3.97. The topological polar surface area (TPSA) is 3.24 Å². The van der Waals surface area contributed by atoms with E-state index in [1.807, 2.05) is 0 Å². The first-order chi connectivity index (χ1) is 5.92. The Bertz CT molecular complexity index is 169. The maximum absolute atomic E-state index is 2.38. The van der Waals surface area contributed by atoms with Crippen LogP contribution < -0.4 is 0 Å². The Balaban J connectivity index is 5.07. The lowest BCUT2D eigenvalue weighted by atomic mass is 9.65. The van der Waals surface area contributed by atoms with Gasteiger partial charge in [0.05, 0.1) is 0 Å². The van der Waals surface area contributed by atoms with Gasteiger partial charge in [0.25, 0.3) is 0 Å². The van der Waals surface area contributed by atoms with Gasteiger partial charge in [-0.05, 0) is 30.0 Å². The van der Waals surface area contributed by atoms with Crippen molar-refractivity contribution < 1.29 is 0 Å². The molecule has 0 N–H and O–H groups in total. The van der Waals surface area contributed by atoms with Crippen LogP contribution >= 0.6 is 0 Å². The summed E-state index contributed by atoms with van der Waals surface area (Å²) in [5, 5.41) is 0.462. The first-order valence-corrected chi connectivity index (χ1v) is 6.56. The molecule has 86 valence electrons. The van der Waals surface area contributed by atoms with E-state index >= 15 is 0 Å². The summed E-state index contributed by atoms with van der Waals surface area (Å²) >= 11 is 0. The molecule has 0 saturated carbocycles. The summed E-state index contributed by atoms with van der Waals surface area (Å²) in [7, 11) is 5.61. The molecule has 0 aromatic carbocycles. The van der Waals surface area contributed by atoms with E-state index in [0.717, 1.165) is 0 Å². The first kappa shape index (κ1) is 14.2. The second-order valence-electron chi connectivity index (χ2n) is 7.07. The SMILES string of the molecule is CN(C)CC([SiH3])(C(C)(C)C)C(C)(C)C. The highest BCUT2D eigenvalue weighted by Crippen LogP contribution is 2.55. The van der Waals surface area contributed by atoms with Crippen molar-refractivity contribution in [1.29, 1.82) is 0 Å². The summed E-state index contributed by atoms with van der Waals surface area (Å²) in [5.41, 5.74) is 0.781. The Morgan fingerprint density at radius 3 is 1.21 bits per heavy atom. The number of rotatable bonds is 2. The summed E-state index contributed by atoms with van der Waals surface area (Å²) in [6.07, 6.45) is 0. The van der Waals surface area contributed by atoms with E-state index in [0.29, 0.717) is 15.9 Å². The van der Waals surface area contributed by atoms with E-state index in [2.05, 4.69) is 60.5 Å². The zero-order chi connectivity index (χ0) is 11.8. The minimum absolute atomic E-state index is 0.391. The van der Waals surface area contributed by atoms with Crippen LogP contribution in [0.4, 0.5) is 0 Å². The van der Waals surface area contributed by atoms with Crippen LogP contribution in [0.5, 0.6) is 0 Å². The molecule has 0 aromatic heterocycles. The van der Waals surface area contributed by atoms with Crippen LogP contribution in [-0.4, -0.2) is 35.8 Å². The van der Waals surface area contributed by atoms with Crippen LogP contribution in [-0.2, 0) is 0 Å². The monoisotopic (exact) mass is 215 g/mol. The van der Waals surface area contributed by atoms with Crippen molar-refractivity contribution in [3.8, 4) is 0 Å². The molecule has 0 spiro atoms. The van der Waals surface area contributed by atoms with E-state index in [9.17, 15) is 0 Å². The molecule has 0 radical (unpaired) electrons. The molecule has 14 heavy (non-hydrogen) atoms. The van der Waals surface area contributed by atoms with Gasteiger partial charge in [0.1, 0.15) is 0 Å². The third-order valence-corrected chi connectivity index (χ3v) is 7.26. The molecule has 0 bridgehead atoms. The van der Waals surface area contributed by atoms with Gasteiger partial charge in [-0.1, -0.05) is 41.5 Å². The van der Waals surface area contributed by atoms with E-state index in [1.165, 1.54) is 16.8 Å². The molecule has 0 amide bonds. The third-order valence-electron chi connectivity index (χ3n) is 3.94. The first-order valence-electron chi connectivity index (χ1n) is 5.56. The van der Waals surface area contributed by atoms with Gasteiger partial charge in [-0.3, -0.25) is 0 Å². The molecule has 2 heteroatoms. The van der Waals surface area contributed by atoms with E-state index in [1.54, 1.807) is 0 Å². The molecule has 0 unspecified atom stereocenters. The molecule has 0 rings (SSSR count). The summed E-state index contributed by atoms with van der Waals surface area (Å²) in [6, 6.07) is 0. The molecular weight excluding hydrogens is 186 g/mol.